The van der Waals surface area contributed by atoms with Crippen molar-refractivity contribution in [3.63, 3.8) is 0 Å². The number of carbonyl (C=O) groups excluding carboxylic acids is 1. The molecule has 1 aliphatic carbocycles. The van der Waals surface area contributed by atoms with Gasteiger partial charge in [0.1, 0.15) is 5.82 Å². The molecule has 0 spiro atoms. The lowest BCUT2D eigenvalue weighted by atomic mass is 9.81. The number of rotatable bonds is 3. The van der Waals surface area contributed by atoms with Crippen LogP contribution in [0.5, 0.6) is 0 Å². The van der Waals surface area contributed by atoms with Crippen LogP contribution in [0.2, 0.25) is 0 Å². The van der Waals surface area contributed by atoms with E-state index in [4.69, 9.17) is 4.74 Å². The summed E-state index contributed by atoms with van der Waals surface area (Å²) in [7, 11) is 1.75. The van der Waals surface area contributed by atoms with Crippen LogP contribution >= 0.6 is 0 Å². The summed E-state index contributed by atoms with van der Waals surface area (Å²) < 4.78 is 5.53. The highest BCUT2D eigenvalue weighted by atomic mass is 16.5. The van der Waals surface area contributed by atoms with Crippen LogP contribution in [0.15, 0.2) is 18.2 Å². The Morgan fingerprint density at radius 3 is 2.77 bits per heavy atom. The standard InChI is InChI=1S/C17H25N3O2/c1-17(2)11-20(10-9-14(17)22-3)16(21)19-15-6-4-5-13(18-15)12-7-8-12/h4-6,12,14H,7-11H2,1-3H3,(H,18,19,21). The van der Waals surface area contributed by atoms with Gasteiger partial charge in [-0.15, -0.1) is 0 Å². The fourth-order valence-electron chi connectivity index (χ4n) is 3.26. The van der Waals surface area contributed by atoms with Crippen molar-refractivity contribution in [2.45, 2.75) is 45.1 Å². The number of hydrogen-bond acceptors (Lipinski definition) is 3. The van der Waals surface area contributed by atoms with Crippen molar-refractivity contribution in [1.82, 2.24) is 9.88 Å². The zero-order valence-corrected chi connectivity index (χ0v) is 13.6. The van der Waals surface area contributed by atoms with Crippen molar-refractivity contribution in [1.29, 1.82) is 0 Å². The monoisotopic (exact) mass is 303 g/mol. The minimum atomic E-state index is -0.0666. The van der Waals surface area contributed by atoms with Crippen molar-refractivity contribution >= 4 is 11.8 Å². The second-order valence-electron chi connectivity index (χ2n) is 7.08. The lowest BCUT2D eigenvalue weighted by molar-refractivity contribution is -0.0394. The molecule has 2 aliphatic rings. The number of methoxy groups -OCH3 is 1. The first-order valence-electron chi connectivity index (χ1n) is 8.05. The number of urea groups is 1. The Morgan fingerprint density at radius 1 is 1.36 bits per heavy atom. The Balaban J connectivity index is 1.63. The molecule has 120 valence electrons. The summed E-state index contributed by atoms with van der Waals surface area (Å²) in [6.45, 7) is 5.70. The first-order chi connectivity index (χ1) is 10.5. The van der Waals surface area contributed by atoms with E-state index in [1.54, 1.807) is 7.11 Å². The number of amides is 2. The van der Waals surface area contributed by atoms with Crippen molar-refractivity contribution in [3.8, 4) is 0 Å². The molecule has 1 atom stereocenters. The van der Waals surface area contributed by atoms with E-state index in [0.29, 0.717) is 18.3 Å². The highest BCUT2D eigenvalue weighted by molar-refractivity contribution is 5.88. The second-order valence-corrected chi connectivity index (χ2v) is 7.08. The van der Waals surface area contributed by atoms with Gasteiger partial charge in [0.15, 0.2) is 0 Å². The van der Waals surface area contributed by atoms with Crippen LogP contribution in [0.25, 0.3) is 0 Å². The number of pyridine rings is 1. The Kier molecular flexibility index (Phi) is 4.08. The molecule has 22 heavy (non-hydrogen) atoms. The summed E-state index contributed by atoms with van der Waals surface area (Å²) in [6, 6.07) is 5.80. The van der Waals surface area contributed by atoms with E-state index in [0.717, 1.165) is 18.7 Å². The molecule has 1 unspecified atom stereocenters. The number of anilines is 1. The van der Waals surface area contributed by atoms with E-state index in [1.165, 1.54) is 12.8 Å². The van der Waals surface area contributed by atoms with E-state index >= 15 is 0 Å². The number of nitrogens with zero attached hydrogens (tertiary/aromatic N) is 2. The normalized spacial score (nSPS) is 24.1. The summed E-state index contributed by atoms with van der Waals surface area (Å²) in [6.07, 6.45) is 3.49. The summed E-state index contributed by atoms with van der Waals surface area (Å²) >= 11 is 0. The van der Waals surface area contributed by atoms with Crippen LogP contribution in [0.4, 0.5) is 10.6 Å². The molecule has 1 aromatic heterocycles. The van der Waals surface area contributed by atoms with Crippen LogP contribution in [-0.4, -0.2) is 42.2 Å². The summed E-state index contributed by atoms with van der Waals surface area (Å²) in [4.78, 5) is 18.9. The van der Waals surface area contributed by atoms with Gasteiger partial charge >= 0.3 is 6.03 Å². The fraction of sp³-hybridized carbons (Fsp3) is 0.647. The molecule has 2 amide bonds. The lowest BCUT2D eigenvalue weighted by Crippen LogP contribution is -2.52. The molecular formula is C17H25N3O2. The number of ether oxygens (including phenoxy) is 1. The molecule has 1 saturated heterocycles. The highest BCUT2D eigenvalue weighted by Crippen LogP contribution is 2.39. The molecule has 1 aromatic rings. The van der Waals surface area contributed by atoms with Gasteiger partial charge in [0.05, 0.1) is 6.10 Å². The zero-order chi connectivity index (χ0) is 15.7. The smallest absolute Gasteiger partial charge is 0.323 e. The van der Waals surface area contributed by atoms with Crippen LogP contribution in [0.3, 0.4) is 0 Å². The summed E-state index contributed by atoms with van der Waals surface area (Å²) in [5.74, 6) is 1.24. The minimum absolute atomic E-state index is 0.0341. The van der Waals surface area contributed by atoms with E-state index in [2.05, 4.69) is 24.1 Å². The van der Waals surface area contributed by atoms with Gasteiger partial charge in [-0.2, -0.15) is 0 Å². The van der Waals surface area contributed by atoms with Gasteiger partial charge in [-0.1, -0.05) is 19.9 Å². The molecule has 3 rings (SSSR count). The third-order valence-corrected chi connectivity index (χ3v) is 4.70. The van der Waals surface area contributed by atoms with Crippen molar-refractivity contribution in [3.05, 3.63) is 23.9 Å². The number of aromatic nitrogens is 1. The molecule has 1 aliphatic heterocycles. The molecule has 5 nitrogen and oxygen atoms in total. The average Bonchev–Trinajstić information content (AvgIpc) is 3.31. The van der Waals surface area contributed by atoms with E-state index < -0.39 is 0 Å². The first-order valence-corrected chi connectivity index (χ1v) is 8.05. The first kappa shape index (κ1) is 15.3. The number of nitrogens with one attached hydrogen (secondary N) is 1. The second kappa shape index (κ2) is 5.88. The predicted octanol–water partition coefficient (Wildman–Crippen LogP) is 3.24. The number of carbonyl (C=O) groups is 1. The van der Waals surface area contributed by atoms with E-state index in [9.17, 15) is 4.79 Å². The quantitative estimate of drug-likeness (QED) is 0.932. The van der Waals surface area contributed by atoms with Crippen molar-refractivity contribution in [2.75, 3.05) is 25.5 Å². The van der Waals surface area contributed by atoms with Crippen molar-refractivity contribution in [2.24, 2.45) is 5.41 Å². The number of hydrogen-bond donors (Lipinski definition) is 1. The number of likely N-dealkylation sites (tertiary alicyclic amines) is 1. The van der Waals surface area contributed by atoms with Gasteiger partial charge in [0.2, 0.25) is 0 Å². The van der Waals surface area contributed by atoms with Gasteiger partial charge in [0, 0.05) is 37.2 Å². The molecule has 5 heteroatoms. The summed E-state index contributed by atoms with van der Waals surface area (Å²) in [5, 5.41) is 2.94. The Bertz CT molecular complexity index is 555. The minimum Gasteiger partial charge on any atom is -0.381 e. The molecule has 0 bridgehead atoms. The van der Waals surface area contributed by atoms with Gasteiger partial charge in [-0.3, -0.25) is 5.32 Å². The Labute approximate surface area is 132 Å². The summed E-state index contributed by atoms with van der Waals surface area (Å²) in [5.41, 5.74) is 1.06. The molecular weight excluding hydrogens is 278 g/mol. The van der Waals surface area contributed by atoms with Gasteiger partial charge < -0.3 is 9.64 Å². The third kappa shape index (κ3) is 3.24. The number of piperidine rings is 1. The van der Waals surface area contributed by atoms with Crippen LogP contribution in [0, 0.1) is 5.41 Å². The Hall–Kier alpha value is -1.62. The maximum Gasteiger partial charge on any atom is 0.323 e. The molecule has 2 fully saturated rings. The topological polar surface area (TPSA) is 54.5 Å². The van der Waals surface area contributed by atoms with Gasteiger partial charge in [-0.25, -0.2) is 9.78 Å². The van der Waals surface area contributed by atoms with E-state index in [-0.39, 0.29) is 17.6 Å². The lowest BCUT2D eigenvalue weighted by Gasteiger charge is -2.43. The van der Waals surface area contributed by atoms with Gasteiger partial charge in [0.25, 0.3) is 0 Å². The fourth-order valence-corrected chi connectivity index (χ4v) is 3.26. The molecule has 2 heterocycles. The maximum atomic E-state index is 12.5. The Morgan fingerprint density at radius 2 is 2.14 bits per heavy atom. The average molecular weight is 303 g/mol. The maximum absolute atomic E-state index is 12.5. The van der Waals surface area contributed by atoms with Crippen LogP contribution in [-0.2, 0) is 4.74 Å². The largest absolute Gasteiger partial charge is 0.381 e. The van der Waals surface area contributed by atoms with Crippen LogP contribution < -0.4 is 5.32 Å². The molecule has 0 radical (unpaired) electrons. The molecule has 1 saturated carbocycles. The van der Waals surface area contributed by atoms with Crippen molar-refractivity contribution < 1.29 is 9.53 Å². The highest BCUT2D eigenvalue weighted by Gasteiger charge is 2.37. The predicted molar refractivity (Wildman–Crippen MR) is 86.0 cm³/mol. The zero-order valence-electron chi connectivity index (χ0n) is 13.6. The van der Waals surface area contributed by atoms with Crippen LogP contribution in [0.1, 0.15) is 44.7 Å². The molecule has 1 N–H and O–H groups in total. The van der Waals surface area contributed by atoms with Gasteiger partial charge in [-0.05, 0) is 31.4 Å². The third-order valence-electron chi connectivity index (χ3n) is 4.70. The SMILES string of the molecule is COC1CCN(C(=O)Nc2cccc(C3CC3)n2)CC1(C)C. The molecule has 0 aromatic carbocycles. The van der Waals surface area contributed by atoms with E-state index in [1.807, 2.05) is 23.1 Å².